The molecule has 0 aliphatic carbocycles. The van der Waals surface area contributed by atoms with Crippen molar-refractivity contribution in [3.8, 4) is 0 Å². The SMILES string of the molecule is CC1(CNC(=O)c2cc(Cl)ncc2Cl)CCCS1. The fourth-order valence-corrected chi connectivity index (χ4v) is 3.52. The molecule has 1 N–H and O–H groups in total. The summed E-state index contributed by atoms with van der Waals surface area (Å²) in [5.41, 5.74) is 0.378. The molecule has 1 aromatic rings. The van der Waals surface area contributed by atoms with Gasteiger partial charge in [0.1, 0.15) is 5.15 Å². The smallest absolute Gasteiger partial charge is 0.253 e. The number of carbonyl (C=O) groups excluding carboxylic acids is 1. The predicted molar refractivity (Wildman–Crippen MR) is 76.7 cm³/mol. The number of hydrogen-bond acceptors (Lipinski definition) is 3. The molecule has 1 aliphatic heterocycles. The van der Waals surface area contributed by atoms with Crippen LogP contribution in [0.3, 0.4) is 0 Å². The summed E-state index contributed by atoms with van der Waals surface area (Å²) in [6, 6.07) is 1.49. The van der Waals surface area contributed by atoms with Crippen LogP contribution in [-0.4, -0.2) is 27.9 Å². The zero-order chi connectivity index (χ0) is 13.2. The Balaban J connectivity index is 2.01. The summed E-state index contributed by atoms with van der Waals surface area (Å²) in [5, 5.41) is 3.51. The number of aromatic nitrogens is 1. The van der Waals surface area contributed by atoms with E-state index in [-0.39, 0.29) is 15.8 Å². The molecule has 1 fully saturated rings. The molecule has 2 rings (SSSR count). The molecule has 0 aromatic carbocycles. The zero-order valence-electron chi connectivity index (χ0n) is 10.0. The molecule has 18 heavy (non-hydrogen) atoms. The van der Waals surface area contributed by atoms with E-state index in [1.807, 2.05) is 11.8 Å². The first-order valence-corrected chi connectivity index (χ1v) is 7.47. The fourth-order valence-electron chi connectivity index (χ4n) is 1.93. The first-order chi connectivity index (χ1) is 8.50. The third-order valence-corrected chi connectivity index (χ3v) is 5.04. The van der Waals surface area contributed by atoms with Gasteiger partial charge in [0.05, 0.1) is 10.6 Å². The highest BCUT2D eigenvalue weighted by atomic mass is 35.5. The van der Waals surface area contributed by atoms with Gasteiger partial charge in [0, 0.05) is 17.5 Å². The number of amides is 1. The van der Waals surface area contributed by atoms with Crippen LogP contribution in [0.1, 0.15) is 30.1 Å². The maximum absolute atomic E-state index is 12.0. The average molecular weight is 305 g/mol. The van der Waals surface area contributed by atoms with Gasteiger partial charge in [0.2, 0.25) is 0 Å². The minimum Gasteiger partial charge on any atom is -0.351 e. The molecule has 1 aliphatic rings. The highest BCUT2D eigenvalue weighted by Gasteiger charge is 2.30. The van der Waals surface area contributed by atoms with Crippen molar-refractivity contribution in [3.63, 3.8) is 0 Å². The highest BCUT2D eigenvalue weighted by molar-refractivity contribution is 8.00. The Bertz CT molecular complexity index is 461. The van der Waals surface area contributed by atoms with Gasteiger partial charge >= 0.3 is 0 Å². The third kappa shape index (κ3) is 3.31. The van der Waals surface area contributed by atoms with Gasteiger partial charge in [-0.25, -0.2) is 4.98 Å². The van der Waals surface area contributed by atoms with E-state index in [1.54, 1.807) is 0 Å². The second-order valence-corrected chi connectivity index (χ2v) is 7.05. The molecule has 98 valence electrons. The molecule has 1 saturated heterocycles. The monoisotopic (exact) mass is 304 g/mol. The molecule has 1 unspecified atom stereocenters. The molecule has 0 radical (unpaired) electrons. The lowest BCUT2D eigenvalue weighted by molar-refractivity contribution is 0.0950. The number of halogens is 2. The van der Waals surface area contributed by atoms with E-state index >= 15 is 0 Å². The van der Waals surface area contributed by atoms with Crippen LogP contribution in [0, 0.1) is 0 Å². The van der Waals surface area contributed by atoms with Crippen LogP contribution in [0.25, 0.3) is 0 Å². The molecule has 0 saturated carbocycles. The Hall–Kier alpha value is -0.450. The lowest BCUT2D eigenvalue weighted by Crippen LogP contribution is -2.36. The van der Waals surface area contributed by atoms with Crippen molar-refractivity contribution >= 4 is 40.9 Å². The standard InChI is InChI=1S/C12H14Cl2N2OS/c1-12(3-2-4-18-12)7-16-11(17)8-5-10(14)15-6-9(8)13/h5-6H,2-4,7H2,1H3,(H,16,17). The predicted octanol–water partition coefficient (Wildman–Crippen LogP) is 3.40. The van der Waals surface area contributed by atoms with Crippen LogP contribution < -0.4 is 5.32 Å². The molecular weight excluding hydrogens is 291 g/mol. The number of nitrogens with zero attached hydrogens (tertiary/aromatic N) is 1. The van der Waals surface area contributed by atoms with Crippen molar-refractivity contribution in [1.29, 1.82) is 0 Å². The topological polar surface area (TPSA) is 42.0 Å². The number of carbonyl (C=O) groups is 1. The van der Waals surface area contributed by atoms with Crippen molar-refractivity contribution in [1.82, 2.24) is 10.3 Å². The number of nitrogens with one attached hydrogen (secondary N) is 1. The summed E-state index contributed by atoms with van der Waals surface area (Å²) in [6.07, 6.45) is 3.73. The lowest BCUT2D eigenvalue weighted by atomic mass is 10.1. The highest BCUT2D eigenvalue weighted by Crippen LogP contribution is 2.37. The van der Waals surface area contributed by atoms with Gasteiger partial charge in [-0.2, -0.15) is 11.8 Å². The summed E-state index contributed by atoms with van der Waals surface area (Å²) in [5.74, 6) is 0.965. The molecule has 0 spiro atoms. The van der Waals surface area contributed by atoms with Gasteiger partial charge in [0.15, 0.2) is 0 Å². The van der Waals surface area contributed by atoms with Gasteiger partial charge in [0.25, 0.3) is 5.91 Å². The Kier molecular flexibility index (Phi) is 4.41. The maximum atomic E-state index is 12.0. The van der Waals surface area contributed by atoms with E-state index in [2.05, 4.69) is 17.2 Å². The van der Waals surface area contributed by atoms with Crippen LogP contribution in [-0.2, 0) is 0 Å². The van der Waals surface area contributed by atoms with Gasteiger partial charge in [-0.3, -0.25) is 4.79 Å². The zero-order valence-corrected chi connectivity index (χ0v) is 12.3. The van der Waals surface area contributed by atoms with Gasteiger partial charge in [-0.1, -0.05) is 23.2 Å². The Labute approximate surface area is 121 Å². The molecule has 3 nitrogen and oxygen atoms in total. The van der Waals surface area contributed by atoms with E-state index in [1.165, 1.54) is 18.7 Å². The van der Waals surface area contributed by atoms with Gasteiger partial charge in [-0.15, -0.1) is 0 Å². The largest absolute Gasteiger partial charge is 0.351 e. The van der Waals surface area contributed by atoms with Gasteiger partial charge in [-0.05, 0) is 31.6 Å². The Morgan fingerprint density at radius 1 is 1.61 bits per heavy atom. The molecule has 2 heterocycles. The summed E-state index contributed by atoms with van der Waals surface area (Å²) in [6.45, 7) is 2.82. The normalized spacial score (nSPS) is 23.1. The minimum atomic E-state index is -0.196. The molecule has 0 bridgehead atoms. The maximum Gasteiger partial charge on any atom is 0.253 e. The van der Waals surface area contributed by atoms with Crippen molar-refractivity contribution < 1.29 is 4.79 Å². The summed E-state index contributed by atoms with van der Waals surface area (Å²) in [4.78, 5) is 15.8. The molecule has 6 heteroatoms. The van der Waals surface area contributed by atoms with Crippen LogP contribution >= 0.6 is 35.0 Å². The van der Waals surface area contributed by atoms with Crippen molar-refractivity contribution in [2.45, 2.75) is 24.5 Å². The van der Waals surface area contributed by atoms with Crippen molar-refractivity contribution in [3.05, 3.63) is 28.0 Å². The van der Waals surface area contributed by atoms with E-state index in [9.17, 15) is 4.79 Å². The van der Waals surface area contributed by atoms with Crippen molar-refractivity contribution in [2.24, 2.45) is 0 Å². The van der Waals surface area contributed by atoms with Crippen LogP contribution in [0.5, 0.6) is 0 Å². The quantitative estimate of drug-likeness (QED) is 0.870. The Morgan fingerprint density at radius 2 is 2.39 bits per heavy atom. The second-order valence-electron chi connectivity index (χ2n) is 4.57. The number of rotatable bonds is 3. The fraction of sp³-hybridized carbons (Fsp3) is 0.500. The van der Waals surface area contributed by atoms with E-state index in [0.29, 0.717) is 17.1 Å². The number of hydrogen-bond donors (Lipinski definition) is 1. The summed E-state index contributed by atoms with van der Waals surface area (Å²) >= 11 is 13.6. The first kappa shape index (κ1) is 14.0. The van der Waals surface area contributed by atoms with Crippen LogP contribution in [0.4, 0.5) is 0 Å². The summed E-state index contributed by atoms with van der Waals surface area (Å²) in [7, 11) is 0. The second kappa shape index (κ2) is 5.68. The van der Waals surface area contributed by atoms with Crippen LogP contribution in [0.2, 0.25) is 10.2 Å². The molecule has 1 atom stereocenters. The molecule has 1 amide bonds. The average Bonchev–Trinajstić information content (AvgIpc) is 2.77. The lowest BCUT2D eigenvalue weighted by Gasteiger charge is -2.22. The summed E-state index contributed by atoms with van der Waals surface area (Å²) < 4.78 is 0.138. The van der Waals surface area contributed by atoms with E-state index in [0.717, 1.165) is 12.2 Å². The van der Waals surface area contributed by atoms with Gasteiger partial charge < -0.3 is 5.32 Å². The Morgan fingerprint density at radius 3 is 3.06 bits per heavy atom. The van der Waals surface area contributed by atoms with E-state index < -0.39 is 0 Å². The number of pyridine rings is 1. The van der Waals surface area contributed by atoms with Crippen LogP contribution in [0.15, 0.2) is 12.3 Å². The number of thioether (sulfide) groups is 1. The van der Waals surface area contributed by atoms with Crippen molar-refractivity contribution in [2.75, 3.05) is 12.3 Å². The van der Waals surface area contributed by atoms with E-state index in [4.69, 9.17) is 23.2 Å². The minimum absolute atomic E-state index is 0.138. The molecule has 1 aromatic heterocycles. The molecular formula is C12H14Cl2N2OS. The third-order valence-electron chi connectivity index (χ3n) is 2.99. The first-order valence-electron chi connectivity index (χ1n) is 5.73.